The number of carbonyl (C=O) groups excluding carboxylic acids is 3. The van der Waals surface area contributed by atoms with Gasteiger partial charge in [-0.2, -0.15) is 0 Å². The van der Waals surface area contributed by atoms with Crippen molar-refractivity contribution in [1.82, 2.24) is 10.3 Å². The summed E-state index contributed by atoms with van der Waals surface area (Å²) >= 11 is 0. The number of pyridine rings is 1. The first-order valence-electron chi connectivity index (χ1n) is 7.97. The average molecular weight is 338 g/mol. The van der Waals surface area contributed by atoms with E-state index in [4.69, 9.17) is 0 Å². The Kier molecular flexibility index (Phi) is 4.74. The second-order valence-corrected chi connectivity index (χ2v) is 5.82. The molecule has 1 aromatic carbocycles. The largest absolute Gasteiger partial charge is 0.340 e. The highest BCUT2D eigenvalue weighted by atomic mass is 16.2. The van der Waals surface area contributed by atoms with Crippen LogP contribution in [-0.4, -0.2) is 28.7 Å². The Labute approximate surface area is 144 Å². The monoisotopic (exact) mass is 338 g/mol. The second kappa shape index (κ2) is 7.12. The Morgan fingerprint density at radius 2 is 2.00 bits per heavy atom. The number of aryl methyl sites for hydroxylation is 1. The van der Waals surface area contributed by atoms with E-state index in [9.17, 15) is 14.4 Å². The average Bonchev–Trinajstić information content (AvgIpc) is 2.72. The van der Waals surface area contributed by atoms with Gasteiger partial charge < -0.3 is 16.0 Å². The molecule has 0 saturated heterocycles. The molecule has 25 heavy (non-hydrogen) atoms. The van der Waals surface area contributed by atoms with Crippen LogP contribution in [0.1, 0.15) is 28.8 Å². The number of aromatic nitrogens is 1. The molecule has 1 aliphatic rings. The van der Waals surface area contributed by atoms with Crippen molar-refractivity contribution in [1.29, 1.82) is 0 Å². The second-order valence-electron chi connectivity index (χ2n) is 5.82. The Morgan fingerprint density at radius 1 is 1.20 bits per heavy atom. The van der Waals surface area contributed by atoms with Crippen LogP contribution in [-0.2, 0) is 9.59 Å². The maximum Gasteiger partial charge on any atom is 0.254 e. The normalized spacial score (nSPS) is 16.3. The van der Waals surface area contributed by atoms with E-state index in [2.05, 4.69) is 20.9 Å². The number of benzene rings is 1. The summed E-state index contributed by atoms with van der Waals surface area (Å²) in [6.45, 7) is 1.85. The van der Waals surface area contributed by atoms with Gasteiger partial charge in [-0.05, 0) is 37.1 Å². The Morgan fingerprint density at radius 3 is 2.80 bits per heavy atom. The van der Waals surface area contributed by atoms with E-state index >= 15 is 0 Å². The summed E-state index contributed by atoms with van der Waals surface area (Å²) in [4.78, 5) is 40.7. The summed E-state index contributed by atoms with van der Waals surface area (Å²) in [6, 6.07) is 9.65. The van der Waals surface area contributed by atoms with Crippen molar-refractivity contribution >= 4 is 29.2 Å². The van der Waals surface area contributed by atoms with Crippen molar-refractivity contribution in [3.05, 3.63) is 53.7 Å². The lowest BCUT2D eigenvalue weighted by Gasteiger charge is -2.14. The molecule has 3 N–H and O–H groups in total. The van der Waals surface area contributed by atoms with Gasteiger partial charge in [0.15, 0.2) is 0 Å². The molecule has 0 saturated carbocycles. The first-order valence-corrected chi connectivity index (χ1v) is 7.97. The molecule has 1 aromatic heterocycles. The van der Waals surface area contributed by atoms with Crippen molar-refractivity contribution in [3.8, 4) is 0 Å². The van der Waals surface area contributed by atoms with Gasteiger partial charge in [0.1, 0.15) is 11.9 Å². The zero-order chi connectivity index (χ0) is 17.8. The highest BCUT2D eigenvalue weighted by Gasteiger charge is 2.27. The maximum absolute atomic E-state index is 12.3. The van der Waals surface area contributed by atoms with Gasteiger partial charge in [-0.3, -0.25) is 14.4 Å². The van der Waals surface area contributed by atoms with Gasteiger partial charge in [0, 0.05) is 12.6 Å². The van der Waals surface area contributed by atoms with E-state index in [0.29, 0.717) is 17.1 Å². The number of carbonyl (C=O) groups is 3. The lowest BCUT2D eigenvalue weighted by molar-refractivity contribution is -0.118. The predicted octanol–water partition coefficient (Wildman–Crippen LogP) is 1.86. The topological polar surface area (TPSA) is 100 Å². The molecular weight excluding hydrogens is 320 g/mol. The summed E-state index contributed by atoms with van der Waals surface area (Å²) in [5, 5.41) is 8.10. The lowest BCUT2D eigenvalue weighted by Crippen LogP contribution is -2.41. The van der Waals surface area contributed by atoms with Crippen LogP contribution in [0.2, 0.25) is 0 Å². The fourth-order valence-corrected chi connectivity index (χ4v) is 2.60. The van der Waals surface area contributed by atoms with Gasteiger partial charge in [0.25, 0.3) is 5.91 Å². The van der Waals surface area contributed by atoms with Gasteiger partial charge in [0.05, 0.1) is 11.3 Å². The summed E-state index contributed by atoms with van der Waals surface area (Å²) in [7, 11) is 0. The van der Waals surface area contributed by atoms with Crippen LogP contribution in [0, 0.1) is 6.92 Å². The number of hydrogen-bond acceptors (Lipinski definition) is 4. The quantitative estimate of drug-likeness (QED) is 0.792. The molecule has 7 heteroatoms. The summed E-state index contributed by atoms with van der Waals surface area (Å²) in [6.07, 6.45) is 1.88. The number of rotatable bonds is 4. The zero-order valence-electron chi connectivity index (χ0n) is 13.7. The third-order valence-electron chi connectivity index (χ3n) is 3.98. The molecule has 2 aromatic rings. The van der Waals surface area contributed by atoms with Gasteiger partial charge in [-0.25, -0.2) is 4.98 Å². The minimum atomic E-state index is -0.768. The fraction of sp³-hybridized carbons (Fsp3) is 0.222. The van der Waals surface area contributed by atoms with Crippen molar-refractivity contribution in [2.24, 2.45) is 0 Å². The van der Waals surface area contributed by atoms with Crippen LogP contribution in [0.3, 0.4) is 0 Å². The van der Waals surface area contributed by atoms with E-state index in [1.54, 1.807) is 36.5 Å². The highest BCUT2D eigenvalue weighted by molar-refractivity contribution is 6.09. The number of amides is 3. The number of nitrogens with zero attached hydrogens (tertiary/aromatic N) is 1. The molecule has 0 bridgehead atoms. The number of anilines is 2. The number of hydrogen-bond donors (Lipinski definition) is 3. The summed E-state index contributed by atoms with van der Waals surface area (Å²) < 4.78 is 0. The van der Waals surface area contributed by atoms with Gasteiger partial charge in [0.2, 0.25) is 11.8 Å². The van der Waals surface area contributed by atoms with Crippen LogP contribution in [0.15, 0.2) is 42.6 Å². The van der Waals surface area contributed by atoms with Gasteiger partial charge >= 0.3 is 0 Å². The summed E-state index contributed by atoms with van der Waals surface area (Å²) in [5.74, 6) is -0.431. The standard InChI is InChI=1S/C18H18N4O3/c1-11-5-4-10-19-16(11)22-15(23)9-8-14-18(25)20-13-7-3-2-6-12(13)17(24)21-14/h2-7,10,14H,8-9H2,1H3,(H,20,25)(H,21,24)(H,19,22,23)/t14-/m1/s1. The van der Waals surface area contributed by atoms with Crippen LogP contribution >= 0.6 is 0 Å². The molecule has 2 heterocycles. The van der Waals surface area contributed by atoms with E-state index in [0.717, 1.165) is 5.56 Å². The minimum absolute atomic E-state index is 0.0880. The fourth-order valence-electron chi connectivity index (χ4n) is 2.60. The molecule has 128 valence electrons. The van der Waals surface area contributed by atoms with Crippen molar-refractivity contribution in [3.63, 3.8) is 0 Å². The van der Waals surface area contributed by atoms with Gasteiger partial charge in [-0.15, -0.1) is 0 Å². The molecule has 0 unspecified atom stereocenters. The molecule has 0 radical (unpaired) electrons. The zero-order valence-corrected chi connectivity index (χ0v) is 13.7. The maximum atomic E-state index is 12.3. The van der Waals surface area contributed by atoms with Crippen LogP contribution in [0.4, 0.5) is 11.5 Å². The Hall–Kier alpha value is -3.22. The molecule has 0 spiro atoms. The third kappa shape index (κ3) is 3.82. The third-order valence-corrected chi connectivity index (χ3v) is 3.98. The van der Waals surface area contributed by atoms with E-state index < -0.39 is 6.04 Å². The Balaban J connectivity index is 1.62. The lowest BCUT2D eigenvalue weighted by atomic mass is 10.1. The van der Waals surface area contributed by atoms with E-state index in [1.807, 2.05) is 13.0 Å². The molecule has 3 amide bonds. The van der Waals surface area contributed by atoms with Crippen LogP contribution < -0.4 is 16.0 Å². The number of fused-ring (bicyclic) bond motifs is 1. The van der Waals surface area contributed by atoms with Crippen molar-refractivity contribution < 1.29 is 14.4 Å². The van der Waals surface area contributed by atoms with E-state index in [-0.39, 0.29) is 30.6 Å². The summed E-state index contributed by atoms with van der Waals surface area (Å²) in [5.41, 5.74) is 1.74. The molecule has 7 nitrogen and oxygen atoms in total. The first kappa shape index (κ1) is 16.6. The van der Waals surface area contributed by atoms with Crippen LogP contribution in [0.25, 0.3) is 0 Å². The highest BCUT2D eigenvalue weighted by Crippen LogP contribution is 2.19. The molecule has 3 rings (SSSR count). The molecule has 1 atom stereocenters. The molecule has 0 fully saturated rings. The first-order chi connectivity index (χ1) is 12.0. The number of para-hydroxylation sites is 1. The Bertz CT molecular complexity index is 835. The minimum Gasteiger partial charge on any atom is -0.340 e. The molecule has 1 aliphatic heterocycles. The SMILES string of the molecule is Cc1cccnc1NC(=O)CC[C@H]1NC(=O)c2ccccc2NC1=O. The van der Waals surface area contributed by atoms with Crippen molar-refractivity contribution in [2.45, 2.75) is 25.8 Å². The molecule has 0 aliphatic carbocycles. The van der Waals surface area contributed by atoms with Crippen LogP contribution in [0.5, 0.6) is 0 Å². The van der Waals surface area contributed by atoms with Gasteiger partial charge in [-0.1, -0.05) is 18.2 Å². The smallest absolute Gasteiger partial charge is 0.254 e. The van der Waals surface area contributed by atoms with Crippen molar-refractivity contribution in [2.75, 3.05) is 10.6 Å². The molecular formula is C18H18N4O3. The predicted molar refractivity (Wildman–Crippen MR) is 93.2 cm³/mol. The number of nitrogens with one attached hydrogen (secondary N) is 3. The van der Waals surface area contributed by atoms with E-state index in [1.165, 1.54) is 0 Å².